The second-order valence-corrected chi connectivity index (χ2v) is 6.43. The van der Waals surface area contributed by atoms with Crippen LogP contribution in [0.5, 0.6) is 0 Å². The van der Waals surface area contributed by atoms with Gasteiger partial charge in [-0.3, -0.25) is 14.6 Å². The highest BCUT2D eigenvalue weighted by Crippen LogP contribution is 2.16. The van der Waals surface area contributed by atoms with Gasteiger partial charge in [-0.25, -0.2) is 0 Å². The van der Waals surface area contributed by atoms with Gasteiger partial charge in [-0.05, 0) is 33.1 Å². The van der Waals surface area contributed by atoms with Crippen molar-refractivity contribution in [2.24, 2.45) is 0 Å². The molecule has 0 aromatic carbocycles. The lowest BCUT2D eigenvalue weighted by molar-refractivity contribution is -0.127. The van der Waals surface area contributed by atoms with E-state index in [1.165, 1.54) is 0 Å². The summed E-state index contributed by atoms with van der Waals surface area (Å²) in [4.78, 5) is 16.6. The fourth-order valence-electron chi connectivity index (χ4n) is 3.05. The molecule has 2 N–H and O–H groups in total. The van der Waals surface area contributed by atoms with Crippen molar-refractivity contribution in [3.05, 3.63) is 0 Å². The molecule has 19 heavy (non-hydrogen) atoms. The van der Waals surface area contributed by atoms with E-state index in [1.807, 2.05) is 13.8 Å². The summed E-state index contributed by atoms with van der Waals surface area (Å²) in [6.07, 6.45) is 3.21. The number of β-amino-alcohol motifs (C(OH)–C–C–N with tert-alkyl or cyclic N) is 1. The average molecular weight is 269 g/mol. The van der Waals surface area contributed by atoms with Crippen LogP contribution in [0.15, 0.2) is 0 Å². The quantitative estimate of drug-likeness (QED) is 0.760. The number of nitrogens with zero attached hydrogens (tertiary/aromatic N) is 2. The summed E-state index contributed by atoms with van der Waals surface area (Å²) in [5.74, 6) is 0.202. The van der Waals surface area contributed by atoms with Gasteiger partial charge >= 0.3 is 0 Å². The zero-order valence-corrected chi connectivity index (χ0v) is 12.2. The average Bonchev–Trinajstić information content (AvgIpc) is 2.53. The Morgan fingerprint density at radius 2 is 1.95 bits per heavy atom. The van der Waals surface area contributed by atoms with Crippen molar-refractivity contribution in [2.45, 2.75) is 44.8 Å². The molecule has 0 aromatic heterocycles. The summed E-state index contributed by atoms with van der Waals surface area (Å²) >= 11 is 0. The maximum absolute atomic E-state index is 12.0. The minimum Gasteiger partial charge on any atom is -0.389 e. The van der Waals surface area contributed by atoms with Crippen LogP contribution >= 0.6 is 0 Å². The predicted molar refractivity (Wildman–Crippen MR) is 75.0 cm³/mol. The third kappa shape index (κ3) is 4.44. The summed E-state index contributed by atoms with van der Waals surface area (Å²) < 4.78 is 0. The maximum atomic E-state index is 12.0. The highest BCUT2D eigenvalue weighted by Gasteiger charge is 2.30. The second-order valence-electron chi connectivity index (χ2n) is 6.43. The number of hydrogen-bond donors (Lipinski definition) is 2. The first-order valence-electron chi connectivity index (χ1n) is 7.42. The van der Waals surface area contributed by atoms with Gasteiger partial charge in [0.05, 0.1) is 11.6 Å². The van der Waals surface area contributed by atoms with E-state index in [0.717, 1.165) is 52.0 Å². The van der Waals surface area contributed by atoms with Crippen LogP contribution in [0.4, 0.5) is 0 Å². The molecule has 2 fully saturated rings. The highest BCUT2D eigenvalue weighted by atomic mass is 16.3. The molecule has 0 radical (unpaired) electrons. The Labute approximate surface area is 115 Å². The van der Waals surface area contributed by atoms with E-state index >= 15 is 0 Å². The van der Waals surface area contributed by atoms with Crippen LogP contribution in [0.1, 0.15) is 33.1 Å². The molecular weight excluding hydrogens is 242 g/mol. The Balaban J connectivity index is 1.83. The molecule has 0 aromatic rings. The largest absolute Gasteiger partial charge is 0.389 e. The molecule has 5 nitrogen and oxygen atoms in total. The predicted octanol–water partition coefficient (Wildman–Crippen LogP) is 0.0436. The summed E-state index contributed by atoms with van der Waals surface area (Å²) in [6, 6.07) is 0.0618. The van der Waals surface area contributed by atoms with Crippen molar-refractivity contribution in [1.29, 1.82) is 0 Å². The van der Waals surface area contributed by atoms with Gasteiger partial charge in [0.2, 0.25) is 5.91 Å². The Hall–Kier alpha value is -0.650. The van der Waals surface area contributed by atoms with E-state index in [2.05, 4.69) is 15.1 Å². The number of carbonyl (C=O) groups excluding carboxylic acids is 1. The third-order valence-electron chi connectivity index (χ3n) is 3.96. The van der Waals surface area contributed by atoms with Crippen LogP contribution < -0.4 is 5.32 Å². The molecule has 1 amide bonds. The molecule has 0 aliphatic carbocycles. The van der Waals surface area contributed by atoms with E-state index in [0.29, 0.717) is 6.54 Å². The number of rotatable bonds is 3. The van der Waals surface area contributed by atoms with Crippen molar-refractivity contribution < 1.29 is 9.90 Å². The molecule has 2 saturated heterocycles. The van der Waals surface area contributed by atoms with Crippen LogP contribution in [0.3, 0.4) is 0 Å². The Bertz CT molecular complexity index is 306. The number of amides is 1. The lowest BCUT2D eigenvalue weighted by atomic mass is 10.1. The van der Waals surface area contributed by atoms with Gasteiger partial charge < -0.3 is 10.4 Å². The zero-order chi connectivity index (χ0) is 13.9. The first-order valence-corrected chi connectivity index (χ1v) is 7.42. The van der Waals surface area contributed by atoms with Crippen LogP contribution in [-0.2, 0) is 4.79 Å². The summed E-state index contributed by atoms with van der Waals surface area (Å²) in [5, 5.41) is 12.9. The van der Waals surface area contributed by atoms with Crippen LogP contribution in [0, 0.1) is 0 Å². The summed E-state index contributed by atoms with van der Waals surface area (Å²) in [6.45, 7) is 8.95. The zero-order valence-electron chi connectivity index (χ0n) is 12.2. The first-order chi connectivity index (χ1) is 8.96. The van der Waals surface area contributed by atoms with Gasteiger partial charge in [0.25, 0.3) is 0 Å². The second kappa shape index (κ2) is 6.20. The lowest BCUT2D eigenvalue weighted by Crippen LogP contribution is -2.56. The minimum absolute atomic E-state index is 0.0618. The fourth-order valence-corrected chi connectivity index (χ4v) is 3.05. The number of carbonyl (C=O) groups is 1. The van der Waals surface area contributed by atoms with E-state index in [9.17, 15) is 9.90 Å². The van der Waals surface area contributed by atoms with Gasteiger partial charge in [0.1, 0.15) is 0 Å². The maximum Gasteiger partial charge on any atom is 0.237 e. The number of piperazine rings is 1. The molecule has 2 heterocycles. The van der Waals surface area contributed by atoms with Crippen molar-refractivity contribution in [3.63, 3.8) is 0 Å². The Kier molecular flexibility index (Phi) is 4.81. The van der Waals surface area contributed by atoms with Crippen LogP contribution in [-0.4, -0.2) is 71.7 Å². The first kappa shape index (κ1) is 14.8. The third-order valence-corrected chi connectivity index (χ3v) is 3.96. The van der Waals surface area contributed by atoms with Gasteiger partial charge in [-0.1, -0.05) is 0 Å². The molecule has 0 bridgehead atoms. The van der Waals surface area contributed by atoms with E-state index in [4.69, 9.17) is 0 Å². The molecule has 1 unspecified atom stereocenters. The molecule has 5 heteroatoms. The van der Waals surface area contributed by atoms with Crippen LogP contribution in [0.25, 0.3) is 0 Å². The number of aliphatic hydroxyl groups is 1. The SMILES string of the molecule is CC(C)(O)CN1CCN(C2CCCCNC2=O)CC1. The Morgan fingerprint density at radius 3 is 2.58 bits per heavy atom. The van der Waals surface area contributed by atoms with Crippen molar-refractivity contribution in [2.75, 3.05) is 39.3 Å². The van der Waals surface area contributed by atoms with Gasteiger partial charge in [0, 0.05) is 39.3 Å². The topological polar surface area (TPSA) is 55.8 Å². The monoisotopic (exact) mass is 269 g/mol. The van der Waals surface area contributed by atoms with Gasteiger partial charge in [-0.2, -0.15) is 0 Å². The van der Waals surface area contributed by atoms with Gasteiger partial charge in [-0.15, -0.1) is 0 Å². The van der Waals surface area contributed by atoms with Crippen molar-refractivity contribution in [3.8, 4) is 0 Å². The van der Waals surface area contributed by atoms with E-state index < -0.39 is 5.60 Å². The minimum atomic E-state index is -0.637. The molecule has 2 aliphatic rings. The number of hydrogen-bond acceptors (Lipinski definition) is 4. The van der Waals surface area contributed by atoms with Crippen LogP contribution in [0.2, 0.25) is 0 Å². The van der Waals surface area contributed by atoms with E-state index in [1.54, 1.807) is 0 Å². The summed E-state index contributed by atoms with van der Waals surface area (Å²) in [5.41, 5.74) is -0.637. The highest BCUT2D eigenvalue weighted by molar-refractivity contribution is 5.81. The molecule has 0 spiro atoms. The summed E-state index contributed by atoms with van der Waals surface area (Å²) in [7, 11) is 0. The van der Waals surface area contributed by atoms with E-state index in [-0.39, 0.29) is 11.9 Å². The molecule has 110 valence electrons. The molecule has 2 rings (SSSR count). The lowest BCUT2D eigenvalue weighted by Gasteiger charge is -2.40. The normalized spacial score (nSPS) is 27.9. The standard InChI is InChI=1S/C14H27N3O2/c1-14(2,19)11-16-7-9-17(10-8-16)12-5-3-4-6-15-13(12)18/h12,19H,3-11H2,1-2H3,(H,15,18). The van der Waals surface area contributed by atoms with Gasteiger partial charge in [0.15, 0.2) is 0 Å². The van der Waals surface area contributed by atoms with Crippen molar-refractivity contribution >= 4 is 5.91 Å². The molecule has 1 atom stereocenters. The smallest absolute Gasteiger partial charge is 0.237 e. The molecule has 0 saturated carbocycles. The van der Waals surface area contributed by atoms with Crippen molar-refractivity contribution in [1.82, 2.24) is 15.1 Å². The number of nitrogens with one attached hydrogen (secondary N) is 1. The molecule has 2 aliphatic heterocycles. The molecular formula is C14H27N3O2. The Morgan fingerprint density at radius 1 is 1.26 bits per heavy atom. The fraction of sp³-hybridized carbons (Fsp3) is 0.929.